The van der Waals surface area contributed by atoms with E-state index in [1.807, 2.05) is 0 Å². The first-order valence-corrected chi connectivity index (χ1v) is 10.9. The van der Waals surface area contributed by atoms with Crippen molar-refractivity contribution in [1.29, 1.82) is 0 Å². The Labute approximate surface area is 165 Å². The Hall–Kier alpha value is -1.91. The van der Waals surface area contributed by atoms with Crippen LogP contribution in [0.3, 0.4) is 0 Å². The smallest absolute Gasteiger partial charge is 0.351 e. The monoisotopic (exact) mass is 432 g/mol. The fraction of sp³-hybridized carbons (Fsp3) is 0.389. The number of hydrogen-bond acceptors (Lipinski definition) is 4. The summed E-state index contributed by atoms with van der Waals surface area (Å²) in [4.78, 5) is 12.7. The summed E-state index contributed by atoms with van der Waals surface area (Å²) < 4.78 is 64.9. The van der Waals surface area contributed by atoms with Gasteiger partial charge in [-0.15, -0.1) is 11.3 Å². The van der Waals surface area contributed by atoms with Gasteiger partial charge >= 0.3 is 6.18 Å². The second-order valence-corrected chi connectivity index (χ2v) is 9.82. The van der Waals surface area contributed by atoms with E-state index in [1.54, 1.807) is 6.07 Å². The summed E-state index contributed by atoms with van der Waals surface area (Å²) in [5, 5.41) is 2.62. The zero-order chi connectivity index (χ0) is 20.4. The number of hydrogen-bond donors (Lipinski definition) is 1. The summed E-state index contributed by atoms with van der Waals surface area (Å²) in [6, 6.07) is 7.78. The Kier molecular flexibility index (Phi) is 6.11. The van der Waals surface area contributed by atoms with Gasteiger partial charge in [-0.25, -0.2) is 8.42 Å². The summed E-state index contributed by atoms with van der Waals surface area (Å²) in [5.74, 6) is -0.434. The third-order valence-electron chi connectivity index (χ3n) is 4.37. The van der Waals surface area contributed by atoms with Crippen LogP contribution in [0.4, 0.5) is 13.2 Å². The van der Waals surface area contributed by atoms with Crippen molar-refractivity contribution < 1.29 is 26.4 Å². The number of amides is 1. The van der Waals surface area contributed by atoms with Crippen LogP contribution in [0.5, 0.6) is 0 Å². The van der Waals surface area contributed by atoms with Crippen LogP contribution in [0, 0.1) is 0 Å². The number of nitrogens with one attached hydrogen (secondary N) is 1. The Morgan fingerprint density at radius 2 is 1.86 bits per heavy atom. The van der Waals surface area contributed by atoms with E-state index in [2.05, 4.69) is 5.32 Å². The van der Waals surface area contributed by atoms with Gasteiger partial charge in [0.05, 0.1) is 18.5 Å². The molecule has 3 rings (SSSR count). The topological polar surface area (TPSA) is 66.5 Å². The van der Waals surface area contributed by atoms with Crippen molar-refractivity contribution >= 4 is 27.3 Å². The number of alkyl halides is 3. The molecule has 28 heavy (non-hydrogen) atoms. The lowest BCUT2D eigenvalue weighted by Crippen LogP contribution is -2.27. The summed E-state index contributed by atoms with van der Waals surface area (Å²) in [5.41, 5.74) is -0.538. The minimum absolute atomic E-state index is 0.123. The van der Waals surface area contributed by atoms with Crippen LogP contribution in [-0.4, -0.2) is 31.7 Å². The summed E-state index contributed by atoms with van der Waals surface area (Å²) in [6.45, 7) is 1.16. The van der Waals surface area contributed by atoms with Crippen molar-refractivity contribution in [3.63, 3.8) is 0 Å². The minimum Gasteiger partial charge on any atom is -0.351 e. The van der Waals surface area contributed by atoms with Crippen LogP contribution < -0.4 is 5.32 Å². The highest BCUT2D eigenvalue weighted by Gasteiger charge is 2.30. The molecule has 152 valence electrons. The van der Waals surface area contributed by atoms with Crippen molar-refractivity contribution in [3.05, 3.63) is 52.4 Å². The Balaban J connectivity index is 1.58. The molecule has 2 aromatic rings. The summed E-state index contributed by atoms with van der Waals surface area (Å²) in [7, 11) is -3.49. The molecule has 0 saturated carbocycles. The molecule has 1 saturated heterocycles. The zero-order valence-electron chi connectivity index (χ0n) is 14.8. The Morgan fingerprint density at radius 3 is 2.54 bits per heavy atom. The van der Waals surface area contributed by atoms with Crippen molar-refractivity contribution in [2.75, 3.05) is 13.1 Å². The third kappa shape index (κ3) is 4.92. The standard InChI is InChI=1S/C18H19F3N2O3S2/c19-18(20,21)14-5-3-4-13(10-14)11-16(24)22-12-15-6-7-17(27-15)28(25,26)23-8-1-2-9-23/h3-7,10H,1-2,8-9,11-12H2,(H,22,24). The number of nitrogens with zero attached hydrogens (tertiary/aromatic N) is 1. The van der Waals surface area contributed by atoms with Crippen molar-refractivity contribution in [2.45, 2.75) is 36.2 Å². The fourth-order valence-electron chi connectivity index (χ4n) is 2.94. The molecule has 5 nitrogen and oxygen atoms in total. The SMILES string of the molecule is O=C(Cc1cccc(C(F)(F)F)c1)NCc1ccc(S(=O)(=O)N2CCCC2)s1. The fourth-order valence-corrected chi connectivity index (χ4v) is 5.91. The molecule has 0 aliphatic carbocycles. The highest BCUT2D eigenvalue weighted by Crippen LogP contribution is 2.30. The van der Waals surface area contributed by atoms with Gasteiger partial charge in [0, 0.05) is 18.0 Å². The highest BCUT2D eigenvalue weighted by atomic mass is 32.2. The van der Waals surface area contributed by atoms with E-state index in [-0.39, 0.29) is 22.7 Å². The van der Waals surface area contributed by atoms with E-state index in [0.29, 0.717) is 18.0 Å². The maximum Gasteiger partial charge on any atom is 0.416 e. The Morgan fingerprint density at radius 1 is 1.14 bits per heavy atom. The lowest BCUT2D eigenvalue weighted by molar-refractivity contribution is -0.137. The molecule has 10 heteroatoms. The largest absolute Gasteiger partial charge is 0.416 e. The van der Waals surface area contributed by atoms with E-state index in [4.69, 9.17) is 0 Å². The number of rotatable bonds is 6. The molecular weight excluding hydrogens is 413 g/mol. The van der Waals surface area contributed by atoms with Gasteiger partial charge in [0.2, 0.25) is 5.91 Å². The quantitative estimate of drug-likeness (QED) is 0.761. The molecule has 0 radical (unpaired) electrons. The van der Waals surface area contributed by atoms with Crippen LogP contribution in [0.2, 0.25) is 0 Å². The number of carbonyl (C=O) groups excluding carboxylic acids is 1. The van der Waals surface area contributed by atoms with E-state index >= 15 is 0 Å². The second-order valence-electron chi connectivity index (χ2n) is 6.48. The molecule has 2 heterocycles. The molecule has 1 aromatic heterocycles. The lowest BCUT2D eigenvalue weighted by Gasteiger charge is -2.13. The Bertz CT molecular complexity index is 949. The molecule has 0 bridgehead atoms. The first-order valence-electron chi connectivity index (χ1n) is 8.68. The van der Waals surface area contributed by atoms with E-state index in [9.17, 15) is 26.4 Å². The van der Waals surface area contributed by atoms with E-state index < -0.39 is 27.7 Å². The predicted octanol–water partition coefficient (Wildman–Crippen LogP) is 3.41. The predicted molar refractivity (Wildman–Crippen MR) is 99.3 cm³/mol. The van der Waals surface area contributed by atoms with Crippen molar-refractivity contribution in [3.8, 4) is 0 Å². The maximum atomic E-state index is 12.7. The van der Waals surface area contributed by atoms with E-state index in [1.165, 1.54) is 22.5 Å². The normalized spacial score (nSPS) is 15.7. The van der Waals surface area contributed by atoms with Gasteiger partial charge in [-0.05, 0) is 36.6 Å². The third-order valence-corrected chi connectivity index (χ3v) is 7.83. The van der Waals surface area contributed by atoms with Crippen LogP contribution in [0.25, 0.3) is 0 Å². The highest BCUT2D eigenvalue weighted by molar-refractivity contribution is 7.91. The van der Waals surface area contributed by atoms with Crippen LogP contribution in [0.15, 0.2) is 40.6 Å². The van der Waals surface area contributed by atoms with Gasteiger partial charge < -0.3 is 5.32 Å². The van der Waals surface area contributed by atoms with Gasteiger partial charge in [-0.2, -0.15) is 17.5 Å². The van der Waals surface area contributed by atoms with Crippen molar-refractivity contribution in [1.82, 2.24) is 9.62 Å². The minimum atomic E-state index is -4.46. The maximum absolute atomic E-state index is 12.7. The first-order chi connectivity index (χ1) is 13.2. The summed E-state index contributed by atoms with van der Waals surface area (Å²) in [6.07, 6.45) is -2.94. The zero-order valence-corrected chi connectivity index (χ0v) is 16.5. The van der Waals surface area contributed by atoms with E-state index in [0.717, 1.165) is 36.3 Å². The van der Waals surface area contributed by atoms with Gasteiger partial charge in [0.1, 0.15) is 4.21 Å². The average Bonchev–Trinajstić information content (AvgIpc) is 3.32. The molecule has 1 aliphatic rings. The number of thiophene rings is 1. The number of carbonyl (C=O) groups is 1. The molecule has 0 unspecified atom stereocenters. The molecule has 1 amide bonds. The first kappa shape index (κ1) is 20.8. The lowest BCUT2D eigenvalue weighted by atomic mass is 10.1. The number of benzene rings is 1. The molecular formula is C18H19F3N2O3S2. The summed E-state index contributed by atoms with van der Waals surface area (Å²) >= 11 is 1.09. The molecule has 1 fully saturated rings. The van der Waals surface area contributed by atoms with Gasteiger partial charge in [-0.3, -0.25) is 4.79 Å². The van der Waals surface area contributed by atoms with Crippen LogP contribution in [-0.2, 0) is 34.0 Å². The molecule has 1 N–H and O–H groups in total. The molecule has 1 aliphatic heterocycles. The van der Waals surface area contributed by atoms with Gasteiger partial charge in [-0.1, -0.05) is 18.2 Å². The second kappa shape index (κ2) is 8.22. The van der Waals surface area contributed by atoms with Crippen molar-refractivity contribution in [2.24, 2.45) is 0 Å². The molecule has 0 atom stereocenters. The number of halogens is 3. The van der Waals surface area contributed by atoms with Crippen LogP contribution >= 0.6 is 11.3 Å². The molecule has 1 aromatic carbocycles. The number of sulfonamides is 1. The van der Waals surface area contributed by atoms with Gasteiger partial charge in [0.25, 0.3) is 10.0 Å². The molecule has 0 spiro atoms. The average molecular weight is 432 g/mol. The van der Waals surface area contributed by atoms with Gasteiger partial charge in [0.15, 0.2) is 0 Å². The van der Waals surface area contributed by atoms with Crippen LogP contribution in [0.1, 0.15) is 28.8 Å².